The van der Waals surface area contributed by atoms with E-state index in [1.165, 1.54) is 12.6 Å². The third-order valence-corrected chi connectivity index (χ3v) is 2.94. The molecule has 0 heterocycles. The lowest BCUT2D eigenvalue weighted by molar-refractivity contribution is -0.127. The molecule has 1 aromatic carbocycles. The lowest BCUT2D eigenvalue weighted by Crippen LogP contribution is -2.37. The number of amides is 2. The Balaban J connectivity index is 2.28. The Bertz CT molecular complexity index is 446. The number of likely N-dealkylation sites (N-methyl/N-ethyl adjacent to an activating group) is 1. The van der Waals surface area contributed by atoms with Gasteiger partial charge in [-0.1, -0.05) is 12.1 Å². The second-order valence-corrected chi connectivity index (χ2v) is 4.63. The molecule has 1 aromatic rings. The van der Waals surface area contributed by atoms with Crippen molar-refractivity contribution < 1.29 is 14.3 Å². The van der Waals surface area contributed by atoms with Crippen molar-refractivity contribution in [2.75, 3.05) is 26.7 Å². The van der Waals surface area contributed by atoms with Crippen molar-refractivity contribution in [2.24, 2.45) is 5.73 Å². The minimum absolute atomic E-state index is 0.0429. The first-order valence-corrected chi connectivity index (χ1v) is 7.04. The molecule has 0 atom stereocenters. The van der Waals surface area contributed by atoms with Crippen molar-refractivity contribution in [1.82, 2.24) is 10.6 Å². The number of benzene rings is 1. The van der Waals surface area contributed by atoms with E-state index in [0.717, 1.165) is 19.3 Å². The first-order valence-electron chi connectivity index (χ1n) is 7.04. The van der Waals surface area contributed by atoms with Crippen LogP contribution in [-0.4, -0.2) is 38.6 Å². The van der Waals surface area contributed by atoms with Crippen LogP contribution in [0, 0.1) is 0 Å². The molecule has 1 rings (SSSR count). The zero-order valence-electron chi connectivity index (χ0n) is 12.4. The fourth-order valence-electron chi connectivity index (χ4n) is 1.69. The zero-order chi connectivity index (χ0) is 15.5. The Morgan fingerprint density at radius 3 is 2.48 bits per heavy atom. The summed E-state index contributed by atoms with van der Waals surface area (Å²) < 4.78 is 5.35. The number of hydrogen-bond donors (Lipinski definition) is 3. The summed E-state index contributed by atoms with van der Waals surface area (Å²) in [6.07, 6.45) is 3.08. The maximum absolute atomic E-state index is 11.5. The summed E-state index contributed by atoms with van der Waals surface area (Å²) in [7, 11) is 1.51. The van der Waals surface area contributed by atoms with E-state index < -0.39 is 0 Å². The quantitative estimate of drug-likeness (QED) is 0.567. The number of nitrogens with one attached hydrogen (secondary N) is 2. The molecule has 6 nitrogen and oxygen atoms in total. The number of aryl methyl sites for hydroxylation is 1. The van der Waals surface area contributed by atoms with Crippen LogP contribution in [-0.2, 0) is 16.0 Å². The minimum atomic E-state index is -0.328. The molecule has 116 valence electrons. The van der Waals surface area contributed by atoms with Crippen LogP contribution in [0.4, 0.5) is 0 Å². The van der Waals surface area contributed by atoms with Crippen LogP contribution in [0.5, 0.6) is 5.75 Å². The Morgan fingerprint density at radius 1 is 1.14 bits per heavy atom. The average molecular weight is 293 g/mol. The van der Waals surface area contributed by atoms with Crippen molar-refractivity contribution >= 4 is 11.8 Å². The molecule has 0 fully saturated rings. The monoisotopic (exact) mass is 293 g/mol. The summed E-state index contributed by atoms with van der Waals surface area (Å²) in [4.78, 5) is 22.4. The molecular formula is C15H23N3O3. The summed E-state index contributed by atoms with van der Waals surface area (Å²) >= 11 is 0. The summed E-state index contributed by atoms with van der Waals surface area (Å²) in [5.41, 5.74) is 6.68. The Hall–Kier alpha value is -2.08. The van der Waals surface area contributed by atoms with Crippen LogP contribution in [0.25, 0.3) is 0 Å². The Morgan fingerprint density at radius 2 is 1.86 bits per heavy atom. The third kappa shape index (κ3) is 7.31. The highest BCUT2D eigenvalue weighted by molar-refractivity contribution is 5.85. The van der Waals surface area contributed by atoms with Gasteiger partial charge in [0.05, 0.1) is 6.54 Å². The molecule has 0 saturated heterocycles. The highest BCUT2D eigenvalue weighted by Crippen LogP contribution is 2.13. The number of unbranched alkanes of at least 4 members (excludes halogenated alkanes) is 1. The van der Waals surface area contributed by atoms with E-state index in [1.54, 1.807) is 0 Å². The molecule has 0 aliphatic rings. The van der Waals surface area contributed by atoms with E-state index in [1.807, 2.05) is 24.3 Å². The van der Waals surface area contributed by atoms with Gasteiger partial charge in [0.25, 0.3) is 5.91 Å². The third-order valence-electron chi connectivity index (χ3n) is 2.94. The smallest absolute Gasteiger partial charge is 0.258 e. The average Bonchev–Trinajstić information content (AvgIpc) is 2.52. The number of nitrogens with two attached hydrogens (primary N) is 1. The normalized spacial score (nSPS) is 10.0. The van der Waals surface area contributed by atoms with Gasteiger partial charge >= 0.3 is 0 Å². The highest BCUT2D eigenvalue weighted by atomic mass is 16.5. The second-order valence-electron chi connectivity index (χ2n) is 4.63. The molecule has 0 aliphatic heterocycles. The summed E-state index contributed by atoms with van der Waals surface area (Å²) in [5.74, 6) is 0.0588. The van der Waals surface area contributed by atoms with Crippen molar-refractivity contribution in [3.05, 3.63) is 29.8 Å². The highest BCUT2D eigenvalue weighted by Gasteiger charge is 2.05. The first kappa shape index (κ1) is 17.0. The lowest BCUT2D eigenvalue weighted by atomic mass is 10.1. The predicted octanol–water partition coefficient (Wildman–Crippen LogP) is 0.209. The van der Waals surface area contributed by atoms with E-state index in [2.05, 4.69) is 10.6 Å². The lowest BCUT2D eigenvalue weighted by Gasteiger charge is -2.08. The number of ether oxygens (including phenoxy) is 1. The molecule has 2 amide bonds. The standard InChI is InChI=1S/C15H23N3O3/c1-17-14(19)10-18-15(20)11-21-13-7-5-12(6-8-13)4-2-3-9-16/h5-8H,2-4,9-11,16H2,1H3,(H,17,19)(H,18,20). The number of carbonyl (C=O) groups is 2. The van der Waals surface area contributed by atoms with Crippen molar-refractivity contribution in [1.29, 1.82) is 0 Å². The molecule has 0 unspecified atom stereocenters. The topological polar surface area (TPSA) is 93.5 Å². The molecule has 4 N–H and O–H groups in total. The maximum atomic E-state index is 11.5. The molecule has 21 heavy (non-hydrogen) atoms. The van der Waals surface area contributed by atoms with Crippen LogP contribution >= 0.6 is 0 Å². The molecule has 0 saturated carbocycles. The van der Waals surface area contributed by atoms with Crippen LogP contribution < -0.4 is 21.1 Å². The largest absolute Gasteiger partial charge is 0.484 e. The van der Waals surface area contributed by atoms with E-state index in [-0.39, 0.29) is 25.0 Å². The fraction of sp³-hybridized carbons (Fsp3) is 0.467. The van der Waals surface area contributed by atoms with Gasteiger partial charge in [-0.2, -0.15) is 0 Å². The van der Waals surface area contributed by atoms with Crippen LogP contribution in [0.3, 0.4) is 0 Å². The van der Waals surface area contributed by atoms with Crippen LogP contribution in [0.2, 0.25) is 0 Å². The Kier molecular flexibility index (Phi) is 7.89. The van der Waals surface area contributed by atoms with E-state index in [4.69, 9.17) is 10.5 Å². The van der Waals surface area contributed by atoms with Gasteiger partial charge in [-0.3, -0.25) is 9.59 Å². The molecule has 0 radical (unpaired) electrons. The van der Waals surface area contributed by atoms with Crippen molar-refractivity contribution in [2.45, 2.75) is 19.3 Å². The van der Waals surface area contributed by atoms with Crippen LogP contribution in [0.1, 0.15) is 18.4 Å². The van der Waals surface area contributed by atoms with Crippen molar-refractivity contribution in [3.8, 4) is 5.75 Å². The van der Waals surface area contributed by atoms with E-state index in [0.29, 0.717) is 12.3 Å². The number of rotatable bonds is 9. The van der Waals surface area contributed by atoms with Crippen molar-refractivity contribution in [3.63, 3.8) is 0 Å². The van der Waals surface area contributed by atoms with Gasteiger partial charge < -0.3 is 21.1 Å². The van der Waals surface area contributed by atoms with Crippen LogP contribution in [0.15, 0.2) is 24.3 Å². The summed E-state index contributed by atoms with van der Waals surface area (Å²) in [6.45, 7) is 0.564. The minimum Gasteiger partial charge on any atom is -0.484 e. The molecule has 0 aromatic heterocycles. The SMILES string of the molecule is CNC(=O)CNC(=O)COc1ccc(CCCCN)cc1. The molecule has 0 aliphatic carbocycles. The van der Waals surface area contributed by atoms with Gasteiger partial charge in [-0.15, -0.1) is 0 Å². The first-order chi connectivity index (χ1) is 10.2. The van der Waals surface area contributed by atoms with E-state index >= 15 is 0 Å². The summed E-state index contributed by atoms with van der Waals surface area (Å²) in [5, 5.41) is 4.88. The van der Waals surface area contributed by atoms with Gasteiger partial charge in [-0.05, 0) is 43.5 Å². The summed E-state index contributed by atoms with van der Waals surface area (Å²) in [6, 6.07) is 7.64. The zero-order valence-corrected chi connectivity index (χ0v) is 12.4. The number of hydrogen-bond acceptors (Lipinski definition) is 4. The molecular weight excluding hydrogens is 270 g/mol. The molecule has 0 spiro atoms. The van der Waals surface area contributed by atoms with Gasteiger partial charge in [-0.25, -0.2) is 0 Å². The Labute approximate surface area is 125 Å². The molecule has 6 heteroatoms. The second kappa shape index (κ2) is 9.77. The number of carbonyl (C=O) groups excluding carboxylic acids is 2. The molecule has 0 bridgehead atoms. The van der Waals surface area contributed by atoms with E-state index in [9.17, 15) is 9.59 Å². The predicted molar refractivity (Wildman–Crippen MR) is 81.0 cm³/mol. The van der Waals surface area contributed by atoms with Gasteiger partial charge in [0.1, 0.15) is 5.75 Å². The van der Waals surface area contributed by atoms with Gasteiger partial charge in [0, 0.05) is 7.05 Å². The fourth-order valence-corrected chi connectivity index (χ4v) is 1.69. The maximum Gasteiger partial charge on any atom is 0.258 e. The van der Waals surface area contributed by atoms with Gasteiger partial charge in [0.15, 0.2) is 6.61 Å². The van der Waals surface area contributed by atoms with Gasteiger partial charge in [0.2, 0.25) is 5.91 Å².